The highest BCUT2D eigenvalue weighted by Gasteiger charge is 2.18. The maximum Gasteiger partial charge on any atom is -0.0185 e. The fourth-order valence-corrected chi connectivity index (χ4v) is 2.72. The standard InChI is InChI=1S/C13H18/c1-9-7-11(3)13-10(2)5-4-6-12(13)8-9/h7-8,10H,4-6H2,1-3H3. The van der Waals surface area contributed by atoms with E-state index >= 15 is 0 Å². The second-order valence-electron chi connectivity index (χ2n) is 4.45. The lowest BCUT2D eigenvalue weighted by molar-refractivity contribution is 0.586. The number of hydrogen-bond donors (Lipinski definition) is 0. The summed E-state index contributed by atoms with van der Waals surface area (Å²) in [6, 6.07) is 4.69. The molecule has 0 nitrogen and oxygen atoms in total. The van der Waals surface area contributed by atoms with Crippen LogP contribution in [0.2, 0.25) is 0 Å². The van der Waals surface area contributed by atoms with E-state index in [2.05, 4.69) is 32.9 Å². The van der Waals surface area contributed by atoms with Crippen LogP contribution < -0.4 is 0 Å². The summed E-state index contributed by atoms with van der Waals surface area (Å²) in [6.45, 7) is 6.82. The molecule has 0 heteroatoms. The van der Waals surface area contributed by atoms with Crippen LogP contribution in [0, 0.1) is 13.8 Å². The lowest BCUT2D eigenvalue weighted by atomic mass is 9.81. The van der Waals surface area contributed by atoms with Crippen molar-refractivity contribution < 1.29 is 0 Å². The van der Waals surface area contributed by atoms with Crippen molar-refractivity contribution in [2.24, 2.45) is 0 Å². The third-order valence-electron chi connectivity index (χ3n) is 3.19. The summed E-state index contributed by atoms with van der Waals surface area (Å²) in [5.41, 5.74) is 6.17. The van der Waals surface area contributed by atoms with Gasteiger partial charge in [0.1, 0.15) is 0 Å². The maximum absolute atomic E-state index is 2.37. The van der Waals surface area contributed by atoms with Gasteiger partial charge in [0.25, 0.3) is 0 Å². The second kappa shape index (κ2) is 3.17. The third kappa shape index (κ3) is 1.50. The summed E-state index contributed by atoms with van der Waals surface area (Å²) in [5, 5.41) is 0. The zero-order valence-corrected chi connectivity index (χ0v) is 8.85. The highest BCUT2D eigenvalue weighted by atomic mass is 14.2. The molecule has 13 heavy (non-hydrogen) atoms. The third-order valence-corrected chi connectivity index (χ3v) is 3.19. The van der Waals surface area contributed by atoms with Crippen LogP contribution in [-0.4, -0.2) is 0 Å². The van der Waals surface area contributed by atoms with E-state index in [0.29, 0.717) is 0 Å². The molecule has 0 aromatic heterocycles. The highest BCUT2D eigenvalue weighted by molar-refractivity contribution is 5.41. The molecule has 0 amide bonds. The molecular formula is C13H18. The second-order valence-corrected chi connectivity index (χ2v) is 4.45. The van der Waals surface area contributed by atoms with E-state index in [1.165, 1.54) is 30.4 Å². The highest BCUT2D eigenvalue weighted by Crippen LogP contribution is 2.34. The van der Waals surface area contributed by atoms with Crippen LogP contribution in [0.15, 0.2) is 12.1 Å². The van der Waals surface area contributed by atoms with Crippen LogP contribution in [0.25, 0.3) is 0 Å². The van der Waals surface area contributed by atoms with Gasteiger partial charge in [-0.05, 0) is 55.7 Å². The van der Waals surface area contributed by atoms with Gasteiger partial charge in [-0.1, -0.05) is 24.6 Å². The van der Waals surface area contributed by atoms with Crippen molar-refractivity contribution in [2.45, 2.75) is 46.0 Å². The Balaban J connectivity index is 2.56. The van der Waals surface area contributed by atoms with Gasteiger partial charge in [-0.2, -0.15) is 0 Å². The molecule has 0 saturated carbocycles. The predicted molar refractivity (Wildman–Crippen MR) is 57.3 cm³/mol. The van der Waals surface area contributed by atoms with Crippen molar-refractivity contribution in [1.29, 1.82) is 0 Å². The largest absolute Gasteiger partial charge is 0.0584 e. The first-order valence-corrected chi connectivity index (χ1v) is 5.28. The molecule has 0 radical (unpaired) electrons. The minimum Gasteiger partial charge on any atom is -0.0584 e. The number of rotatable bonds is 0. The van der Waals surface area contributed by atoms with Crippen molar-refractivity contribution in [1.82, 2.24) is 0 Å². The Morgan fingerprint density at radius 2 is 2.00 bits per heavy atom. The molecule has 1 aliphatic rings. The fraction of sp³-hybridized carbons (Fsp3) is 0.538. The lowest BCUT2D eigenvalue weighted by Crippen LogP contribution is -2.09. The van der Waals surface area contributed by atoms with Crippen molar-refractivity contribution in [2.75, 3.05) is 0 Å². The van der Waals surface area contributed by atoms with Crippen molar-refractivity contribution in [3.05, 3.63) is 34.4 Å². The molecule has 0 N–H and O–H groups in total. The van der Waals surface area contributed by atoms with Gasteiger partial charge in [0.15, 0.2) is 0 Å². The Hall–Kier alpha value is -0.780. The van der Waals surface area contributed by atoms with Crippen LogP contribution >= 0.6 is 0 Å². The van der Waals surface area contributed by atoms with E-state index in [1.807, 2.05) is 0 Å². The number of fused-ring (bicyclic) bond motifs is 1. The van der Waals surface area contributed by atoms with Crippen LogP contribution in [-0.2, 0) is 6.42 Å². The first-order chi connectivity index (χ1) is 6.18. The van der Waals surface area contributed by atoms with Crippen LogP contribution in [0.4, 0.5) is 0 Å². The van der Waals surface area contributed by atoms with E-state index < -0.39 is 0 Å². The van der Waals surface area contributed by atoms with E-state index in [1.54, 1.807) is 11.1 Å². The first-order valence-electron chi connectivity index (χ1n) is 5.28. The van der Waals surface area contributed by atoms with Gasteiger partial charge in [-0.3, -0.25) is 0 Å². The summed E-state index contributed by atoms with van der Waals surface area (Å²) < 4.78 is 0. The normalized spacial score (nSPS) is 21.3. The Morgan fingerprint density at radius 1 is 1.23 bits per heavy atom. The van der Waals surface area contributed by atoms with Gasteiger partial charge in [0, 0.05) is 0 Å². The fourth-order valence-electron chi connectivity index (χ4n) is 2.72. The average Bonchev–Trinajstić information content (AvgIpc) is 2.02. The summed E-state index contributed by atoms with van der Waals surface area (Å²) >= 11 is 0. The molecule has 1 atom stereocenters. The number of aryl methyl sites for hydroxylation is 3. The molecule has 0 aliphatic heterocycles. The molecule has 0 bridgehead atoms. The molecule has 0 saturated heterocycles. The molecule has 0 fully saturated rings. The van der Waals surface area contributed by atoms with Gasteiger partial charge in [-0.15, -0.1) is 0 Å². The quantitative estimate of drug-likeness (QED) is 0.562. The summed E-state index contributed by atoms with van der Waals surface area (Å²) in [7, 11) is 0. The minimum absolute atomic E-state index is 0.782. The molecule has 1 aliphatic carbocycles. The Kier molecular flexibility index (Phi) is 2.15. The van der Waals surface area contributed by atoms with E-state index in [-0.39, 0.29) is 0 Å². The SMILES string of the molecule is Cc1cc(C)c2c(c1)CCCC2C. The molecule has 1 aromatic rings. The van der Waals surface area contributed by atoms with E-state index in [4.69, 9.17) is 0 Å². The van der Waals surface area contributed by atoms with E-state index in [9.17, 15) is 0 Å². The average molecular weight is 174 g/mol. The number of hydrogen-bond acceptors (Lipinski definition) is 0. The topological polar surface area (TPSA) is 0 Å². The zero-order valence-electron chi connectivity index (χ0n) is 8.85. The summed E-state index contributed by atoms with van der Waals surface area (Å²) in [4.78, 5) is 0. The lowest BCUT2D eigenvalue weighted by Gasteiger charge is -2.24. The summed E-state index contributed by atoms with van der Waals surface area (Å²) in [5.74, 6) is 0.782. The van der Waals surface area contributed by atoms with Gasteiger partial charge >= 0.3 is 0 Å². The monoisotopic (exact) mass is 174 g/mol. The Bertz CT molecular complexity index is 323. The van der Waals surface area contributed by atoms with Gasteiger partial charge < -0.3 is 0 Å². The molecule has 0 heterocycles. The molecular weight excluding hydrogens is 156 g/mol. The van der Waals surface area contributed by atoms with Crippen LogP contribution in [0.5, 0.6) is 0 Å². The zero-order chi connectivity index (χ0) is 9.42. The van der Waals surface area contributed by atoms with Gasteiger partial charge in [0.05, 0.1) is 0 Å². The van der Waals surface area contributed by atoms with Crippen LogP contribution in [0.1, 0.15) is 47.9 Å². The molecule has 1 aromatic carbocycles. The van der Waals surface area contributed by atoms with Crippen molar-refractivity contribution >= 4 is 0 Å². The first kappa shape index (κ1) is 8.80. The maximum atomic E-state index is 2.37. The molecule has 2 rings (SSSR count). The summed E-state index contributed by atoms with van der Waals surface area (Å²) in [6.07, 6.45) is 4.04. The molecule has 1 unspecified atom stereocenters. The van der Waals surface area contributed by atoms with Crippen molar-refractivity contribution in [3.63, 3.8) is 0 Å². The molecule has 0 spiro atoms. The van der Waals surface area contributed by atoms with Gasteiger partial charge in [0.2, 0.25) is 0 Å². The minimum atomic E-state index is 0.782. The number of benzene rings is 1. The Labute approximate surface area is 81.0 Å². The van der Waals surface area contributed by atoms with E-state index in [0.717, 1.165) is 5.92 Å². The Morgan fingerprint density at radius 3 is 2.77 bits per heavy atom. The predicted octanol–water partition coefficient (Wildman–Crippen LogP) is 3.74. The van der Waals surface area contributed by atoms with Gasteiger partial charge in [-0.25, -0.2) is 0 Å². The molecule has 70 valence electrons. The van der Waals surface area contributed by atoms with Crippen LogP contribution in [0.3, 0.4) is 0 Å². The smallest absolute Gasteiger partial charge is 0.0185 e. The van der Waals surface area contributed by atoms with Crippen molar-refractivity contribution in [3.8, 4) is 0 Å².